The smallest absolute Gasteiger partial charge is 0.243 e. The van der Waals surface area contributed by atoms with Gasteiger partial charge in [-0.2, -0.15) is 0 Å². The van der Waals surface area contributed by atoms with Gasteiger partial charge in [0, 0.05) is 12.6 Å². The molecule has 1 unspecified atom stereocenters. The fraction of sp³-hybridized carbons (Fsp3) is 0.440. The Hall–Kier alpha value is -2.11. The number of benzene rings is 2. The minimum Gasteiger partial charge on any atom is -0.352 e. The number of nitrogens with zero attached hydrogens (tertiary/aromatic N) is 1. The van der Waals surface area contributed by atoms with Crippen molar-refractivity contribution < 1.29 is 14.0 Å². The van der Waals surface area contributed by atoms with Gasteiger partial charge in [-0.3, -0.25) is 9.59 Å². The van der Waals surface area contributed by atoms with Gasteiger partial charge in [0.2, 0.25) is 11.8 Å². The molecule has 2 amide bonds. The topological polar surface area (TPSA) is 49.4 Å². The van der Waals surface area contributed by atoms with E-state index < -0.39 is 11.9 Å². The van der Waals surface area contributed by atoms with Crippen LogP contribution in [-0.2, 0) is 22.6 Å². The standard InChI is InChI=1S/C25H29Cl2FN2O2/c1-2-23(25(32)29-19-9-4-3-5-10-19)30(16-17-12-13-20(26)21(27)14-17)24(31)15-18-8-6-7-11-22(18)28/h6-8,11-14,19,23H,2-5,9-10,15-16H2,1H3,(H,29,32). The summed E-state index contributed by atoms with van der Waals surface area (Å²) in [7, 11) is 0. The second kappa shape index (κ2) is 11.7. The number of carbonyl (C=O) groups excluding carboxylic acids is 2. The first-order valence-corrected chi connectivity index (χ1v) is 11.9. The average molecular weight is 479 g/mol. The molecule has 0 radical (unpaired) electrons. The molecule has 0 saturated heterocycles. The maximum atomic E-state index is 14.2. The Bertz CT molecular complexity index is 947. The highest BCUT2D eigenvalue weighted by Crippen LogP contribution is 2.25. The van der Waals surface area contributed by atoms with Gasteiger partial charge >= 0.3 is 0 Å². The zero-order chi connectivity index (χ0) is 23.1. The molecule has 0 heterocycles. The van der Waals surface area contributed by atoms with Crippen molar-refractivity contribution >= 4 is 35.0 Å². The van der Waals surface area contributed by atoms with Crippen molar-refractivity contribution in [3.8, 4) is 0 Å². The van der Waals surface area contributed by atoms with Gasteiger partial charge in [-0.05, 0) is 48.6 Å². The van der Waals surface area contributed by atoms with Crippen LogP contribution >= 0.6 is 23.2 Å². The third-order valence-electron chi connectivity index (χ3n) is 5.97. The highest BCUT2D eigenvalue weighted by molar-refractivity contribution is 6.42. The van der Waals surface area contributed by atoms with E-state index in [1.807, 2.05) is 6.92 Å². The number of carbonyl (C=O) groups is 2. The second-order valence-electron chi connectivity index (χ2n) is 8.31. The summed E-state index contributed by atoms with van der Waals surface area (Å²) in [6, 6.07) is 10.8. The molecule has 0 bridgehead atoms. The van der Waals surface area contributed by atoms with Crippen molar-refractivity contribution in [3.63, 3.8) is 0 Å². The van der Waals surface area contributed by atoms with Gasteiger partial charge in [-0.15, -0.1) is 0 Å². The van der Waals surface area contributed by atoms with E-state index in [-0.39, 0.29) is 30.8 Å². The molecule has 0 spiro atoms. The van der Waals surface area contributed by atoms with Gasteiger partial charge in [-0.25, -0.2) is 4.39 Å². The van der Waals surface area contributed by atoms with Crippen LogP contribution in [0.5, 0.6) is 0 Å². The molecule has 1 atom stereocenters. The third-order valence-corrected chi connectivity index (χ3v) is 6.71. The number of hydrogen-bond donors (Lipinski definition) is 1. The molecule has 32 heavy (non-hydrogen) atoms. The van der Waals surface area contributed by atoms with Gasteiger partial charge < -0.3 is 10.2 Å². The summed E-state index contributed by atoms with van der Waals surface area (Å²) < 4.78 is 14.2. The lowest BCUT2D eigenvalue weighted by atomic mass is 9.95. The van der Waals surface area contributed by atoms with Gasteiger partial charge in [0.15, 0.2) is 0 Å². The van der Waals surface area contributed by atoms with E-state index in [1.54, 1.807) is 36.4 Å². The van der Waals surface area contributed by atoms with Crippen LogP contribution in [-0.4, -0.2) is 28.8 Å². The summed E-state index contributed by atoms with van der Waals surface area (Å²) in [5, 5.41) is 3.93. The van der Waals surface area contributed by atoms with E-state index in [2.05, 4.69) is 5.32 Å². The largest absolute Gasteiger partial charge is 0.352 e. The molecule has 1 aliphatic carbocycles. The van der Waals surface area contributed by atoms with E-state index >= 15 is 0 Å². The average Bonchev–Trinajstić information content (AvgIpc) is 2.78. The molecule has 0 aliphatic heterocycles. The van der Waals surface area contributed by atoms with Crippen LogP contribution in [0.1, 0.15) is 56.6 Å². The monoisotopic (exact) mass is 478 g/mol. The minimum absolute atomic E-state index is 0.124. The van der Waals surface area contributed by atoms with Crippen LogP contribution in [0, 0.1) is 5.82 Å². The van der Waals surface area contributed by atoms with E-state index in [1.165, 1.54) is 17.4 Å². The van der Waals surface area contributed by atoms with Crippen molar-refractivity contribution in [2.24, 2.45) is 0 Å². The van der Waals surface area contributed by atoms with Crippen LogP contribution in [0.15, 0.2) is 42.5 Å². The van der Waals surface area contributed by atoms with Crippen molar-refractivity contribution in [2.75, 3.05) is 0 Å². The molecule has 2 aromatic carbocycles. The van der Waals surface area contributed by atoms with Crippen molar-refractivity contribution in [1.82, 2.24) is 10.2 Å². The Morgan fingerprint density at radius 3 is 2.47 bits per heavy atom. The highest BCUT2D eigenvalue weighted by atomic mass is 35.5. The predicted octanol–water partition coefficient (Wildman–Crippen LogP) is 5.93. The van der Waals surface area contributed by atoms with Crippen molar-refractivity contribution in [1.29, 1.82) is 0 Å². The van der Waals surface area contributed by atoms with Gasteiger partial charge in [0.05, 0.1) is 16.5 Å². The number of rotatable bonds is 8. The minimum atomic E-state index is -0.661. The van der Waals surface area contributed by atoms with E-state index in [0.29, 0.717) is 22.0 Å². The van der Waals surface area contributed by atoms with Crippen molar-refractivity contribution in [3.05, 3.63) is 69.5 Å². The van der Waals surface area contributed by atoms with E-state index in [0.717, 1.165) is 31.2 Å². The summed E-state index contributed by atoms with van der Waals surface area (Å²) >= 11 is 12.2. The molecule has 1 saturated carbocycles. The molecule has 1 N–H and O–H groups in total. The molecule has 3 rings (SSSR count). The molecule has 4 nitrogen and oxygen atoms in total. The SMILES string of the molecule is CCC(C(=O)NC1CCCCC1)N(Cc1ccc(Cl)c(Cl)c1)C(=O)Cc1ccccc1F. The molecule has 2 aromatic rings. The fourth-order valence-electron chi connectivity index (χ4n) is 4.20. The molecule has 7 heteroatoms. The van der Waals surface area contributed by atoms with Crippen LogP contribution in [0.25, 0.3) is 0 Å². The molecule has 0 aromatic heterocycles. The van der Waals surface area contributed by atoms with Crippen LogP contribution in [0.2, 0.25) is 10.0 Å². The lowest BCUT2D eigenvalue weighted by Gasteiger charge is -2.33. The van der Waals surface area contributed by atoms with E-state index in [9.17, 15) is 14.0 Å². The maximum absolute atomic E-state index is 14.2. The molecule has 1 aliphatic rings. The third kappa shape index (κ3) is 6.46. The van der Waals surface area contributed by atoms with Crippen molar-refractivity contribution in [2.45, 2.75) is 70.5 Å². The zero-order valence-corrected chi connectivity index (χ0v) is 19.8. The first-order valence-electron chi connectivity index (χ1n) is 11.2. The normalized spacial score (nSPS) is 15.2. The summed E-state index contributed by atoms with van der Waals surface area (Å²) in [6.45, 7) is 2.06. The van der Waals surface area contributed by atoms with Crippen LogP contribution < -0.4 is 5.32 Å². The number of amides is 2. The second-order valence-corrected chi connectivity index (χ2v) is 9.12. The summed E-state index contributed by atoms with van der Waals surface area (Å²) in [5.41, 5.74) is 1.06. The quantitative estimate of drug-likeness (QED) is 0.510. The molecule has 1 fully saturated rings. The first-order chi connectivity index (χ1) is 15.4. The molecular weight excluding hydrogens is 450 g/mol. The number of nitrogens with one attached hydrogen (secondary N) is 1. The Balaban J connectivity index is 1.84. The highest BCUT2D eigenvalue weighted by Gasteiger charge is 2.30. The Morgan fingerprint density at radius 2 is 1.81 bits per heavy atom. The number of halogens is 3. The summed E-state index contributed by atoms with van der Waals surface area (Å²) in [5.74, 6) is -0.914. The Morgan fingerprint density at radius 1 is 1.09 bits per heavy atom. The molecule has 172 valence electrons. The predicted molar refractivity (Wildman–Crippen MR) is 126 cm³/mol. The lowest BCUT2D eigenvalue weighted by Crippen LogP contribution is -2.52. The zero-order valence-electron chi connectivity index (χ0n) is 18.3. The van der Waals surface area contributed by atoms with Gasteiger partial charge in [0.1, 0.15) is 11.9 Å². The molecular formula is C25H29Cl2FN2O2. The number of hydrogen-bond acceptors (Lipinski definition) is 2. The Labute approximate surface area is 199 Å². The van der Waals surface area contributed by atoms with E-state index in [4.69, 9.17) is 23.2 Å². The fourth-order valence-corrected chi connectivity index (χ4v) is 4.53. The first kappa shape index (κ1) is 24.5. The summed E-state index contributed by atoms with van der Waals surface area (Å²) in [6.07, 6.45) is 5.62. The Kier molecular flexibility index (Phi) is 8.94. The van der Waals surface area contributed by atoms with Crippen LogP contribution in [0.4, 0.5) is 4.39 Å². The maximum Gasteiger partial charge on any atom is 0.243 e. The lowest BCUT2D eigenvalue weighted by molar-refractivity contribution is -0.141. The van der Waals surface area contributed by atoms with Crippen LogP contribution in [0.3, 0.4) is 0 Å². The van der Waals surface area contributed by atoms with Gasteiger partial charge in [0.25, 0.3) is 0 Å². The van der Waals surface area contributed by atoms with Gasteiger partial charge in [-0.1, -0.05) is 73.7 Å². The summed E-state index contributed by atoms with van der Waals surface area (Å²) in [4.78, 5) is 28.1.